The molecule has 0 spiro atoms. The van der Waals surface area contributed by atoms with Gasteiger partial charge in [-0.2, -0.15) is 0 Å². The first-order valence-corrected chi connectivity index (χ1v) is 5.26. The first-order valence-electron chi connectivity index (χ1n) is 5.26. The smallest absolute Gasteiger partial charge is 0.0319 e. The Kier molecular flexibility index (Phi) is 1.43. The van der Waals surface area contributed by atoms with Crippen molar-refractivity contribution >= 4 is 5.69 Å². The second-order valence-electron chi connectivity index (χ2n) is 4.38. The van der Waals surface area contributed by atoms with Gasteiger partial charge in [0.2, 0.25) is 0 Å². The molecule has 1 heteroatoms. The summed E-state index contributed by atoms with van der Waals surface area (Å²) in [6.07, 6.45) is 6.65. The van der Waals surface area contributed by atoms with E-state index in [0.29, 0.717) is 0 Å². The van der Waals surface area contributed by atoms with E-state index in [1.807, 2.05) is 0 Å². The summed E-state index contributed by atoms with van der Waals surface area (Å²) in [5, 5.41) is 0. The Bertz CT molecular complexity index is 354. The maximum atomic E-state index is 5.88. The number of rotatable bonds is 0. The minimum atomic E-state index is 0.874. The van der Waals surface area contributed by atoms with Crippen LogP contribution in [0.4, 0.5) is 5.69 Å². The monoisotopic (exact) mass is 173 g/mol. The Morgan fingerprint density at radius 1 is 1.08 bits per heavy atom. The summed E-state index contributed by atoms with van der Waals surface area (Å²) in [4.78, 5) is 0. The molecular formula is C12H15N. The molecule has 2 aliphatic carbocycles. The van der Waals surface area contributed by atoms with Crippen molar-refractivity contribution in [2.45, 2.75) is 38.0 Å². The van der Waals surface area contributed by atoms with Crippen molar-refractivity contribution in [3.63, 3.8) is 0 Å². The van der Waals surface area contributed by atoms with E-state index in [4.69, 9.17) is 5.73 Å². The number of nitrogens with two attached hydrogens (primary N) is 1. The number of nitrogen functional groups attached to an aromatic ring is 1. The third-order valence-electron chi connectivity index (χ3n) is 3.54. The molecule has 0 amide bonds. The SMILES string of the molecule is Nc1cc2c3c(c1)CCC3CCC2. The molecule has 0 saturated carbocycles. The largest absolute Gasteiger partial charge is 0.399 e. The minimum Gasteiger partial charge on any atom is -0.399 e. The molecular weight excluding hydrogens is 158 g/mol. The average molecular weight is 173 g/mol. The molecule has 3 rings (SSSR count). The molecule has 2 N–H and O–H groups in total. The standard InChI is InChI=1S/C12H15N/c13-11-6-9-3-1-2-8-4-5-10(7-11)12(8)9/h6-8H,1-5,13H2. The van der Waals surface area contributed by atoms with E-state index in [1.54, 1.807) is 16.7 Å². The van der Waals surface area contributed by atoms with E-state index in [1.165, 1.54) is 32.1 Å². The maximum Gasteiger partial charge on any atom is 0.0319 e. The lowest BCUT2D eigenvalue weighted by Crippen LogP contribution is -2.07. The second kappa shape index (κ2) is 2.50. The van der Waals surface area contributed by atoms with Crippen molar-refractivity contribution in [1.82, 2.24) is 0 Å². The summed E-state index contributed by atoms with van der Waals surface area (Å²) in [6, 6.07) is 4.38. The van der Waals surface area contributed by atoms with E-state index < -0.39 is 0 Å². The average Bonchev–Trinajstić information content (AvgIpc) is 2.50. The third-order valence-corrected chi connectivity index (χ3v) is 3.54. The Morgan fingerprint density at radius 3 is 2.69 bits per heavy atom. The highest BCUT2D eigenvalue weighted by atomic mass is 14.5. The molecule has 0 radical (unpaired) electrons. The Labute approximate surface area is 78.9 Å². The van der Waals surface area contributed by atoms with E-state index in [9.17, 15) is 0 Å². The summed E-state index contributed by atoms with van der Waals surface area (Å²) in [5.41, 5.74) is 11.6. The van der Waals surface area contributed by atoms with E-state index in [2.05, 4.69) is 12.1 Å². The highest BCUT2D eigenvalue weighted by Gasteiger charge is 2.28. The van der Waals surface area contributed by atoms with Crippen molar-refractivity contribution in [2.75, 3.05) is 5.73 Å². The van der Waals surface area contributed by atoms with E-state index >= 15 is 0 Å². The van der Waals surface area contributed by atoms with E-state index in [-0.39, 0.29) is 0 Å². The predicted molar refractivity (Wildman–Crippen MR) is 54.9 cm³/mol. The van der Waals surface area contributed by atoms with Gasteiger partial charge in [0, 0.05) is 5.69 Å². The second-order valence-corrected chi connectivity index (χ2v) is 4.38. The summed E-state index contributed by atoms with van der Waals surface area (Å²) in [6.45, 7) is 0. The molecule has 0 bridgehead atoms. The zero-order valence-corrected chi connectivity index (χ0v) is 7.84. The number of aryl methyl sites for hydroxylation is 2. The van der Waals surface area contributed by atoms with Crippen molar-refractivity contribution in [3.05, 3.63) is 28.8 Å². The molecule has 1 atom stereocenters. The van der Waals surface area contributed by atoms with Gasteiger partial charge < -0.3 is 5.73 Å². The van der Waals surface area contributed by atoms with Crippen LogP contribution >= 0.6 is 0 Å². The van der Waals surface area contributed by atoms with Crippen LogP contribution in [-0.2, 0) is 12.8 Å². The van der Waals surface area contributed by atoms with Crippen LogP contribution < -0.4 is 5.73 Å². The zero-order chi connectivity index (χ0) is 8.84. The lowest BCUT2D eigenvalue weighted by molar-refractivity contribution is 0.555. The van der Waals surface area contributed by atoms with Crippen molar-refractivity contribution in [2.24, 2.45) is 0 Å². The lowest BCUT2D eigenvalue weighted by Gasteiger charge is -2.21. The van der Waals surface area contributed by atoms with Crippen molar-refractivity contribution < 1.29 is 0 Å². The van der Waals surface area contributed by atoms with Gasteiger partial charge in [-0.15, -0.1) is 0 Å². The van der Waals surface area contributed by atoms with Crippen LogP contribution in [0.15, 0.2) is 12.1 Å². The minimum absolute atomic E-state index is 0.874. The molecule has 0 saturated heterocycles. The predicted octanol–water partition coefficient (Wildman–Crippen LogP) is 2.63. The summed E-state index contributed by atoms with van der Waals surface area (Å²) < 4.78 is 0. The molecule has 1 aromatic rings. The normalized spacial score (nSPS) is 24.5. The van der Waals surface area contributed by atoms with Gasteiger partial charge in [-0.3, -0.25) is 0 Å². The Morgan fingerprint density at radius 2 is 1.85 bits per heavy atom. The van der Waals surface area contributed by atoms with Crippen LogP contribution in [0.1, 0.15) is 41.9 Å². The van der Waals surface area contributed by atoms with Gasteiger partial charge in [-0.1, -0.05) is 0 Å². The molecule has 0 aromatic heterocycles. The first kappa shape index (κ1) is 7.43. The summed E-state index contributed by atoms with van der Waals surface area (Å²) in [7, 11) is 0. The van der Waals surface area contributed by atoms with Crippen LogP contribution in [0, 0.1) is 0 Å². The summed E-state index contributed by atoms with van der Waals surface area (Å²) in [5.74, 6) is 0.874. The summed E-state index contributed by atoms with van der Waals surface area (Å²) >= 11 is 0. The van der Waals surface area contributed by atoms with Gasteiger partial charge in [0.15, 0.2) is 0 Å². The third kappa shape index (κ3) is 0.995. The quantitative estimate of drug-likeness (QED) is 0.600. The molecule has 1 aromatic carbocycles. The molecule has 1 unspecified atom stereocenters. The fraction of sp³-hybridized carbons (Fsp3) is 0.500. The fourth-order valence-corrected chi connectivity index (χ4v) is 3.05. The van der Waals surface area contributed by atoms with Gasteiger partial charge in [0.1, 0.15) is 0 Å². The van der Waals surface area contributed by atoms with Crippen LogP contribution in [0.2, 0.25) is 0 Å². The molecule has 0 heterocycles. The molecule has 13 heavy (non-hydrogen) atoms. The number of hydrogen-bond donors (Lipinski definition) is 1. The number of anilines is 1. The highest BCUT2D eigenvalue weighted by molar-refractivity contribution is 5.53. The first-order chi connectivity index (χ1) is 6.34. The van der Waals surface area contributed by atoms with Gasteiger partial charge in [0.25, 0.3) is 0 Å². The fourth-order valence-electron chi connectivity index (χ4n) is 3.05. The van der Waals surface area contributed by atoms with Crippen LogP contribution in [-0.4, -0.2) is 0 Å². The topological polar surface area (TPSA) is 26.0 Å². The number of hydrogen-bond acceptors (Lipinski definition) is 1. The highest BCUT2D eigenvalue weighted by Crippen LogP contribution is 2.43. The molecule has 2 aliphatic rings. The van der Waals surface area contributed by atoms with Crippen molar-refractivity contribution in [1.29, 1.82) is 0 Å². The molecule has 0 aliphatic heterocycles. The van der Waals surface area contributed by atoms with Crippen LogP contribution in [0.3, 0.4) is 0 Å². The Hall–Kier alpha value is -0.980. The van der Waals surface area contributed by atoms with Gasteiger partial charge >= 0.3 is 0 Å². The molecule has 1 nitrogen and oxygen atoms in total. The molecule has 0 fully saturated rings. The van der Waals surface area contributed by atoms with Gasteiger partial charge in [-0.25, -0.2) is 0 Å². The van der Waals surface area contributed by atoms with Crippen LogP contribution in [0.25, 0.3) is 0 Å². The zero-order valence-electron chi connectivity index (χ0n) is 7.84. The van der Waals surface area contributed by atoms with Crippen molar-refractivity contribution in [3.8, 4) is 0 Å². The number of benzene rings is 1. The van der Waals surface area contributed by atoms with E-state index in [0.717, 1.165) is 11.6 Å². The Balaban J connectivity index is 2.23. The molecule has 68 valence electrons. The van der Waals surface area contributed by atoms with Gasteiger partial charge in [0.05, 0.1) is 0 Å². The lowest BCUT2D eigenvalue weighted by atomic mass is 9.84. The van der Waals surface area contributed by atoms with Gasteiger partial charge in [-0.05, 0) is 66.8 Å². The van der Waals surface area contributed by atoms with Crippen LogP contribution in [0.5, 0.6) is 0 Å². The maximum absolute atomic E-state index is 5.88.